The van der Waals surface area contributed by atoms with Crippen LogP contribution in [0.25, 0.3) is 0 Å². The van der Waals surface area contributed by atoms with Gasteiger partial charge in [0.15, 0.2) is 0 Å². The first-order valence-electron chi connectivity index (χ1n) is 12.7. The third-order valence-electron chi connectivity index (χ3n) is 7.67. The molecule has 0 aromatic heterocycles. The minimum absolute atomic E-state index is 0.129. The van der Waals surface area contributed by atoms with Gasteiger partial charge in [0.05, 0.1) is 11.1 Å². The molecule has 2 saturated carbocycles. The van der Waals surface area contributed by atoms with Crippen LogP contribution in [0.15, 0.2) is 48.6 Å². The topological polar surface area (TPSA) is 9.23 Å². The van der Waals surface area contributed by atoms with Gasteiger partial charge in [-0.25, -0.2) is 8.78 Å². The molecule has 0 aliphatic heterocycles. The van der Waals surface area contributed by atoms with Crippen molar-refractivity contribution in [3.8, 4) is 17.6 Å². The SMILES string of the molecule is C/C=C/CCC1CCC2CC(c3ccc(C#Cc4ccc(OC(F)(F)F)cc4F)c(F)c3)CCC2C1. The molecule has 0 bridgehead atoms. The summed E-state index contributed by atoms with van der Waals surface area (Å²) in [6.07, 6.45) is 9.11. The molecule has 2 aromatic rings. The van der Waals surface area contributed by atoms with Crippen LogP contribution < -0.4 is 4.74 Å². The molecule has 0 amide bonds. The van der Waals surface area contributed by atoms with Crippen molar-refractivity contribution in [1.82, 2.24) is 0 Å². The number of hydrogen-bond acceptors (Lipinski definition) is 1. The number of ether oxygens (including phenoxy) is 1. The van der Waals surface area contributed by atoms with E-state index in [4.69, 9.17) is 0 Å². The number of rotatable bonds is 5. The fourth-order valence-electron chi connectivity index (χ4n) is 5.87. The molecular formula is C30H31F5O. The van der Waals surface area contributed by atoms with E-state index < -0.39 is 23.7 Å². The van der Waals surface area contributed by atoms with Crippen LogP contribution in [0.4, 0.5) is 22.0 Å². The average Bonchev–Trinajstić information content (AvgIpc) is 2.83. The van der Waals surface area contributed by atoms with Crippen LogP contribution in [0.1, 0.15) is 80.9 Å². The summed E-state index contributed by atoms with van der Waals surface area (Å²) in [5.41, 5.74) is 0.975. The number of allylic oxidation sites excluding steroid dienone is 2. The van der Waals surface area contributed by atoms with Crippen LogP contribution in [0.3, 0.4) is 0 Å². The second kappa shape index (κ2) is 11.5. The van der Waals surface area contributed by atoms with Crippen LogP contribution >= 0.6 is 0 Å². The van der Waals surface area contributed by atoms with Gasteiger partial charge in [0, 0.05) is 6.07 Å². The van der Waals surface area contributed by atoms with Crippen molar-refractivity contribution in [1.29, 1.82) is 0 Å². The molecule has 6 heteroatoms. The molecule has 4 rings (SSSR count). The minimum Gasteiger partial charge on any atom is -0.406 e. The Morgan fingerprint density at radius 1 is 0.889 bits per heavy atom. The lowest BCUT2D eigenvalue weighted by Gasteiger charge is -2.42. The van der Waals surface area contributed by atoms with E-state index in [1.807, 2.05) is 6.07 Å². The summed E-state index contributed by atoms with van der Waals surface area (Å²) >= 11 is 0. The van der Waals surface area contributed by atoms with E-state index in [0.717, 1.165) is 42.4 Å². The Balaban J connectivity index is 1.38. The molecule has 4 atom stereocenters. The Kier molecular flexibility index (Phi) is 8.39. The zero-order valence-electron chi connectivity index (χ0n) is 20.4. The first-order chi connectivity index (χ1) is 17.2. The second-order valence-electron chi connectivity index (χ2n) is 10.0. The van der Waals surface area contributed by atoms with Crippen LogP contribution in [0.2, 0.25) is 0 Å². The molecule has 0 saturated heterocycles. The summed E-state index contributed by atoms with van der Waals surface area (Å²) in [5, 5.41) is 0. The van der Waals surface area contributed by atoms with Gasteiger partial charge in [0.2, 0.25) is 0 Å². The van der Waals surface area contributed by atoms with Crippen LogP contribution in [0.5, 0.6) is 5.75 Å². The van der Waals surface area contributed by atoms with Gasteiger partial charge in [-0.2, -0.15) is 0 Å². The lowest BCUT2D eigenvalue weighted by molar-refractivity contribution is -0.274. The fourth-order valence-corrected chi connectivity index (χ4v) is 5.87. The Labute approximate surface area is 209 Å². The second-order valence-corrected chi connectivity index (χ2v) is 10.0. The normalized spacial score (nSPS) is 24.2. The van der Waals surface area contributed by atoms with Gasteiger partial charge >= 0.3 is 6.36 Å². The number of halogens is 5. The molecule has 4 unspecified atom stereocenters. The third-order valence-corrected chi connectivity index (χ3v) is 7.67. The van der Waals surface area contributed by atoms with Gasteiger partial charge in [0.25, 0.3) is 0 Å². The lowest BCUT2D eigenvalue weighted by Crippen LogP contribution is -2.30. The van der Waals surface area contributed by atoms with Gasteiger partial charge in [0.1, 0.15) is 17.4 Å². The predicted molar refractivity (Wildman–Crippen MR) is 130 cm³/mol. The molecule has 2 aromatic carbocycles. The van der Waals surface area contributed by atoms with Gasteiger partial charge < -0.3 is 4.74 Å². The van der Waals surface area contributed by atoms with Crippen molar-refractivity contribution >= 4 is 0 Å². The van der Waals surface area contributed by atoms with Crippen molar-refractivity contribution in [2.75, 3.05) is 0 Å². The van der Waals surface area contributed by atoms with E-state index in [9.17, 15) is 22.0 Å². The van der Waals surface area contributed by atoms with Crippen LogP contribution in [-0.4, -0.2) is 6.36 Å². The molecule has 0 N–H and O–H groups in total. The largest absolute Gasteiger partial charge is 0.573 e. The maximum atomic E-state index is 14.8. The highest BCUT2D eigenvalue weighted by molar-refractivity contribution is 5.46. The third kappa shape index (κ3) is 6.90. The van der Waals surface area contributed by atoms with Gasteiger partial charge in [-0.3, -0.25) is 0 Å². The van der Waals surface area contributed by atoms with E-state index in [-0.39, 0.29) is 11.1 Å². The molecule has 0 spiro atoms. The summed E-state index contributed by atoms with van der Waals surface area (Å²) in [6.45, 7) is 2.07. The van der Waals surface area contributed by atoms with Gasteiger partial charge in [-0.1, -0.05) is 36.5 Å². The lowest BCUT2D eigenvalue weighted by atomic mass is 9.63. The number of hydrogen-bond donors (Lipinski definition) is 0. The molecule has 0 radical (unpaired) electrons. The smallest absolute Gasteiger partial charge is 0.406 e. The fraction of sp³-hybridized carbons (Fsp3) is 0.467. The Hall–Kier alpha value is -2.81. The van der Waals surface area contributed by atoms with Crippen molar-refractivity contribution in [2.24, 2.45) is 17.8 Å². The highest BCUT2D eigenvalue weighted by atomic mass is 19.4. The summed E-state index contributed by atoms with van der Waals surface area (Å²) in [6, 6.07) is 7.73. The number of alkyl halides is 3. The minimum atomic E-state index is -4.91. The van der Waals surface area contributed by atoms with E-state index in [1.165, 1.54) is 44.6 Å². The van der Waals surface area contributed by atoms with E-state index in [1.54, 1.807) is 6.07 Å². The molecular weight excluding hydrogens is 471 g/mol. The van der Waals surface area contributed by atoms with Crippen molar-refractivity contribution in [3.05, 3.63) is 76.9 Å². The van der Waals surface area contributed by atoms with Crippen LogP contribution in [-0.2, 0) is 0 Å². The van der Waals surface area contributed by atoms with Crippen molar-refractivity contribution in [3.63, 3.8) is 0 Å². The quantitative estimate of drug-likeness (QED) is 0.225. The summed E-state index contributed by atoms with van der Waals surface area (Å²) in [4.78, 5) is 0. The molecule has 2 fully saturated rings. The highest BCUT2D eigenvalue weighted by Crippen LogP contribution is 2.48. The zero-order valence-corrected chi connectivity index (χ0v) is 20.4. The van der Waals surface area contributed by atoms with E-state index in [0.29, 0.717) is 17.9 Å². The summed E-state index contributed by atoms with van der Waals surface area (Å²) < 4.78 is 69.5. The highest BCUT2D eigenvalue weighted by Gasteiger charge is 2.36. The monoisotopic (exact) mass is 502 g/mol. The van der Waals surface area contributed by atoms with Crippen LogP contribution in [0, 0.1) is 41.2 Å². The van der Waals surface area contributed by atoms with Gasteiger partial charge in [-0.05, 0) is 105 Å². The van der Waals surface area contributed by atoms with Gasteiger partial charge in [-0.15, -0.1) is 13.2 Å². The molecule has 36 heavy (non-hydrogen) atoms. The van der Waals surface area contributed by atoms with E-state index >= 15 is 0 Å². The number of benzene rings is 2. The molecule has 2 aliphatic rings. The first kappa shape index (κ1) is 26.3. The van der Waals surface area contributed by atoms with Crippen molar-refractivity contribution < 1.29 is 26.7 Å². The summed E-state index contributed by atoms with van der Waals surface area (Å²) in [5.74, 6) is 5.67. The molecule has 192 valence electrons. The maximum Gasteiger partial charge on any atom is 0.573 e. The Bertz CT molecular complexity index is 1140. The molecule has 0 heterocycles. The Morgan fingerprint density at radius 3 is 2.22 bits per heavy atom. The maximum absolute atomic E-state index is 14.8. The average molecular weight is 503 g/mol. The van der Waals surface area contributed by atoms with Crippen molar-refractivity contribution in [2.45, 2.75) is 70.6 Å². The summed E-state index contributed by atoms with van der Waals surface area (Å²) in [7, 11) is 0. The molecule has 2 aliphatic carbocycles. The molecule has 1 nitrogen and oxygen atoms in total. The standard InChI is InChI=1S/C30H31F5O/c1-2-3-4-5-20-6-7-24-17-25(13-12-23(24)16-20)26-11-10-21(28(31)18-26)8-9-22-14-15-27(19-29(22)32)36-30(33,34)35/h2-3,10-11,14-15,18-20,23-25H,4-7,12-13,16-17H2,1H3/b3-2+. The van der Waals surface area contributed by atoms with E-state index in [2.05, 4.69) is 35.7 Å². The zero-order chi connectivity index (χ0) is 25.7. The number of fused-ring (bicyclic) bond motifs is 1. The Morgan fingerprint density at radius 2 is 1.56 bits per heavy atom. The first-order valence-corrected chi connectivity index (χ1v) is 12.7. The predicted octanol–water partition coefficient (Wildman–Crippen LogP) is 8.92.